The highest BCUT2D eigenvalue weighted by Gasteiger charge is 2.26. The minimum atomic E-state index is -0.693. The van der Waals surface area contributed by atoms with Crippen molar-refractivity contribution in [3.63, 3.8) is 0 Å². The molecule has 3 N–H and O–H groups in total. The van der Waals surface area contributed by atoms with E-state index in [-0.39, 0.29) is 34.3 Å². The fourth-order valence-corrected chi connectivity index (χ4v) is 3.55. The van der Waals surface area contributed by atoms with Gasteiger partial charge in [-0.15, -0.1) is 5.10 Å². The summed E-state index contributed by atoms with van der Waals surface area (Å²) in [5, 5.41) is 30.4. The van der Waals surface area contributed by atoms with Crippen LogP contribution in [0.3, 0.4) is 0 Å². The number of hydrogen-bond donors (Lipinski definition) is 2. The molecule has 0 bridgehead atoms. The van der Waals surface area contributed by atoms with Crippen LogP contribution < -0.4 is 11.2 Å². The van der Waals surface area contributed by atoms with Crippen LogP contribution in [0.15, 0.2) is 46.1 Å². The molecular weight excluding hydrogens is 442 g/mol. The summed E-state index contributed by atoms with van der Waals surface area (Å²) in [4.78, 5) is 23.7. The Morgan fingerprint density at radius 3 is 2.59 bits per heavy atom. The van der Waals surface area contributed by atoms with Crippen LogP contribution >= 0.6 is 0 Å². The number of nitro benzene ring substituents is 1. The molecule has 2 aromatic carbocycles. The first-order valence-electron chi connectivity index (χ1n) is 9.96. The van der Waals surface area contributed by atoms with E-state index in [9.17, 15) is 14.9 Å². The maximum Gasteiger partial charge on any atom is 0.294 e. The number of nitrogens with two attached hydrogens (primary N) is 1. The van der Waals surface area contributed by atoms with Crippen molar-refractivity contribution in [2.45, 2.75) is 20.8 Å². The molecule has 0 fully saturated rings. The van der Waals surface area contributed by atoms with Crippen molar-refractivity contribution in [3.8, 4) is 17.1 Å². The van der Waals surface area contributed by atoms with Crippen LogP contribution in [0.1, 0.15) is 32.7 Å². The summed E-state index contributed by atoms with van der Waals surface area (Å²) < 4.78 is 5.74. The second-order valence-electron chi connectivity index (χ2n) is 7.49. The lowest BCUT2D eigenvalue weighted by atomic mass is 10.0. The molecule has 0 aliphatic carbocycles. The molecule has 2 aromatic heterocycles. The Bertz CT molecular complexity index is 1410. The van der Waals surface area contributed by atoms with E-state index in [2.05, 4.69) is 35.8 Å². The molecule has 4 rings (SSSR count). The summed E-state index contributed by atoms with van der Waals surface area (Å²) in [6.45, 7) is 5.90. The zero-order chi connectivity index (χ0) is 24.4. The van der Waals surface area contributed by atoms with Crippen LogP contribution in [0.5, 0.6) is 0 Å². The predicted octanol–water partition coefficient (Wildman–Crippen LogP) is 2.50. The fraction of sp³-hybridized carbons (Fsp3) is 0.143. The van der Waals surface area contributed by atoms with E-state index in [0.717, 1.165) is 26.9 Å². The van der Waals surface area contributed by atoms with Crippen LogP contribution in [-0.2, 0) is 0 Å². The first-order chi connectivity index (χ1) is 16.3. The molecular formula is C21H19N9O4. The summed E-state index contributed by atoms with van der Waals surface area (Å²) in [5.74, 6) is -0.823. The van der Waals surface area contributed by atoms with Crippen molar-refractivity contribution in [3.05, 3.63) is 74.5 Å². The number of aromatic nitrogens is 5. The molecule has 1 amide bonds. The van der Waals surface area contributed by atoms with Gasteiger partial charge in [-0.05, 0) is 42.2 Å². The number of benzene rings is 2. The third kappa shape index (κ3) is 4.21. The molecule has 0 spiro atoms. The third-order valence-electron chi connectivity index (χ3n) is 5.01. The Morgan fingerprint density at radius 2 is 1.94 bits per heavy atom. The van der Waals surface area contributed by atoms with Gasteiger partial charge in [-0.1, -0.05) is 35.0 Å². The number of nitrogens with one attached hydrogen (secondary N) is 1. The van der Waals surface area contributed by atoms with E-state index in [1.54, 1.807) is 12.3 Å². The molecule has 2 heterocycles. The highest BCUT2D eigenvalue weighted by atomic mass is 16.6. The zero-order valence-corrected chi connectivity index (χ0v) is 18.4. The lowest BCUT2D eigenvalue weighted by molar-refractivity contribution is -0.384. The highest BCUT2D eigenvalue weighted by molar-refractivity contribution is 5.99. The number of non-ortho nitro benzene ring substituents is 1. The average molecular weight is 461 g/mol. The minimum absolute atomic E-state index is 0.0255. The van der Waals surface area contributed by atoms with E-state index < -0.39 is 10.8 Å². The molecule has 13 nitrogen and oxygen atoms in total. The standard InChI is InChI=1S/C21H19N9O4/c1-11-7-12(2)16(13(3)8-11)10-23-25-21(31)17-18(14-5-4-6-15(9-14)30(32)33)29(28-24-17)20-19(22)26-34-27-20/h4-10H,1-3H3,(H2,22,26)(H,25,31)/b23-10+. The number of rotatable bonds is 6. The first-order valence-corrected chi connectivity index (χ1v) is 9.96. The summed E-state index contributed by atoms with van der Waals surface area (Å²) in [6, 6.07) is 9.65. The number of nitrogen functional groups attached to an aromatic ring is 1. The van der Waals surface area contributed by atoms with Crippen LogP contribution in [0.2, 0.25) is 0 Å². The van der Waals surface area contributed by atoms with Gasteiger partial charge in [-0.25, -0.2) is 10.1 Å². The fourth-order valence-electron chi connectivity index (χ4n) is 3.55. The Hall–Kier alpha value is -4.94. The van der Waals surface area contributed by atoms with Crippen LogP contribution in [0.25, 0.3) is 17.1 Å². The number of hydrogen-bond acceptors (Lipinski definition) is 10. The molecule has 0 saturated heterocycles. The van der Waals surface area contributed by atoms with Gasteiger partial charge in [-0.3, -0.25) is 14.9 Å². The molecule has 0 aliphatic heterocycles. The first kappa shape index (κ1) is 22.3. The molecule has 0 aliphatic rings. The van der Waals surface area contributed by atoms with Gasteiger partial charge in [0.1, 0.15) is 5.69 Å². The maximum atomic E-state index is 13.0. The van der Waals surface area contributed by atoms with Crippen LogP contribution in [0.4, 0.5) is 11.5 Å². The SMILES string of the molecule is Cc1cc(C)c(/C=N/NC(=O)c2nnn(-c3nonc3N)c2-c2cccc([N+](=O)[O-])c2)c(C)c1. The number of amides is 1. The molecule has 13 heteroatoms. The highest BCUT2D eigenvalue weighted by Crippen LogP contribution is 2.29. The Labute approximate surface area is 192 Å². The zero-order valence-electron chi connectivity index (χ0n) is 18.4. The van der Waals surface area contributed by atoms with Gasteiger partial charge in [0.15, 0.2) is 5.69 Å². The van der Waals surface area contributed by atoms with Gasteiger partial charge in [0.05, 0.1) is 11.1 Å². The largest absolute Gasteiger partial charge is 0.378 e. The average Bonchev–Trinajstić information content (AvgIpc) is 3.41. The van der Waals surface area contributed by atoms with Gasteiger partial charge in [0.2, 0.25) is 11.6 Å². The molecule has 0 radical (unpaired) electrons. The molecule has 34 heavy (non-hydrogen) atoms. The topological polar surface area (TPSA) is 180 Å². The van der Waals surface area contributed by atoms with E-state index in [4.69, 9.17) is 5.73 Å². The van der Waals surface area contributed by atoms with Gasteiger partial charge in [-0.2, -0.15) is 9.78 Å². The number of carbonyl (C=O) groups excluding carboxylic acids is 1. The molecule has 172 valence electrons. The lowest BCUT2D eigenvalue weighted by Crippen LogP contribution is -2.19. The number of hydrazone groups is 1. The maximum absolute atomic E-state index is 13.0. The summed E-state index contributed by atoms with van der Waals surface area (Å²) >= 11 is 0. The van der Waals surface area contributed by atoms with Crippen LogP contribution in [0, 0.1) is 30.9 Å². The monoisotopic (exact) mass is 461 g/mol. The van der Waals surface area contributed by atoms with Crippen molar-refractivity contribution in [2.75, 3.05) is 5.73 Å². The van der Waals surface area contributed by atoms with E-state index in [1.165, 1.54) is 18.2 Å². The van der Waals surface area contributed by atoms with E-state index in [0.29, 0.717) is 0 Å². The molecule has 0 atom stereocenters. The van der Waals surface area contributed by atoms with Crippen LogP contribution in [-0.4, -0.2) is 42.4 Å². The number of anilines is 1. The summed E-state index contributed by atoms with van der Waals surface area (Å²) in [7, 11) is 0. The minimum Gasteiger partial charge on any atom is -0.378 e. The third-order valence-corrected chi connectivity index (χ3v) is 5.01. The second-order valence-corrected chi connectivity index (χ2v) is 7.49. The normalized spacial score (nSPS) is 11.1. The molecule has 0 saturated carbocycles. The van der Waals surface area contributed by atoms with Crippen molar-refractivity contribution in [1.29, 1.82) is 0 Å². The van der Waals surface area contributed by atoms with E-state index in [1.807, 2.05) is 32.9 Å². The van der Waals surface area contributed by atoms with E-state index >= 15 is 0 Å². The number of carbonyl (C=O) groups is 1. The smallest absolute Gasteiger partial charge is 0.294 e. The summed E-state index contributed by atoms with van der Waals surface area (Å²) in [5.41, 5.74) is 12.2. The van der Waals surface area contributed by atoms with Crippen molar-refractivity contribution in [2.24, 2.45) is 5.10 Å². The quantitative estimate of drug-likeness (QED) is 0.248. The van der Waals surface area contributed by atoms with Gasteiger partial charge in [0.25, 0.3) is 11.6 Å². The van der Waals surface area contributed by atoms with Crippen molar-refractivity contribution < 1.29 is 14.3 Å². The Kier molecular flexibility index (Phi) is 5.82. The second kappa shape index (κ2) is 8.90. The number of nitro groups is 1. The van der Waals surface area contributed by atoms with Crippen molar-refractivity contribution >= 4 is 23.6 Å². The number of nitrogens with zero attached hydrogens (tertiary/aromatic N) is 7. The van der Waals surface area contributed by atoms with Gasteiger partial charge < -0.3 is 5.73 Å². The lowest BCUT2D eigenvalue weighted by Gasteiger charge is -2.07. The van der Waals surface area contributed by atoms with Gasteiger partial charge >= 0.3 is 0 Å². The molecule has 4 aromatic rings. The Morgan fingerprint density at radius 1 is 1.21 bits per heavy atom. The summed E-state index contributed by atoms with van der Waals surface area (Å²) in [6.07, 6.45) is 1.54. The van der Waals surface area contributed by atoms with Crippen molar-refractivity contribution in [1.82, 2.24) is 30.7 Å². The molecule has 0 unspecified atom stereocenters. The van der Waals surface area contributed by atoms with Gasteiger partial charge in [0, 0.05) is 23.3 Å². The Balaban J connectivity index is 1.73. The predicted molar refractivity (Wildman–Crippen MR) is 121 cm³/mol. The number of aryl methyl sites for hydroxylation is 3.